The molecule has 0 bridgehead atoms. The third-order valence-electron chi connectivity index (χ3n) is 2.50. The maximum atomic E-state index is 5.94. The van der Waals surface area contributed by atoms with Crippen LogP contribution in [0.25, 0.3) is 0 Å². The maximum Gasteiger partial charge on any atom is 0.222 e. The van der Waals surface area contributed by atoms with Gasteiger partial charge in [-0.25, -0.2) is 9.97 Å². The molecule has 1 heterocycles. The monoisotopic (exact) mass is 192 g/mol. The molecule has 0 amide bonds. The molecule has 76 valence electrons. The molecule has 4 heteroatoms. The zero-order chi connectivity index (χ0) is 9.97. The summed E-state index contributed by atoms with van der Waals surface area (Å²) in [5, 5.41) is 3.15. The van der Waals surface area contributed by atoms with Gasteiger partial charge >= 0.3 is 0 Å². The van der Waals surface area contributed by atoms with Crippen molar-refractivity contribution in [1.82, 2.24) is 9.97 Å². The Bertz CT molecular complexity index is 291. The van der Waals surface area contributed by atoms with Gasteiger partial charge in [0.2, 0.25) is 5.95 Å². The quantitative estimate of drug-likeness (QED) is 0.745. The van der Waals surface area contributed by atoms with E-state index in [1.54, 1.807) is 12.4 Å². The number of aromatic nitrogens is 2. The number of rotatable bonds is 4. The number of anilines is 1. The number of hydrogen-bond acceptors (Lipinski definition) is 4. The highest BCUT2D eigenvalue weighted by atomic mass is 15.1. The normalized spacial score (nSPS) is 17.9. The molecule has 1 unspecified atom stereocenters. The van der Waals surface area contributed by atoms with E-state index in [2.05, 4.69) is 15.3 Å². The van der Waals surface area contributed by atoms with Crippen LogP contribution in [-0.2, 0) is 0 Å². The first-order valence-electron chi connectivity index (χ1n) is 5.04. The molecule has 3 N–H and O–H groups in total. The Kier molecular flexibility index (Phi) is 2.63. The molecular weight excluding hydrogens is 176 g/mol. The number of nitrogens with one attached hydrogen (secondary N) is 1. The van der Waals surface area contributed by atoms with E-state index in [9.17, 15) is 0 Å². The molecule has 1 aromatic rings. The highest BCUT2D eigenvalue weighted by molar-refractivity contribution is 5.24. The van der Waals surface area contributed by atoms with E-state index in [1.807, 2.05) is 6.92 Å². The van der Waals surface area contributed by atoms with Gasteiger partial charge in [0, 0.05) is 25.0 Å². The highest BCUT2D eigenvalue weighted by Gasteiger charge is 2.28. The summed E-state index contributed by atoms with van der Waals surface area (Å²) in [5.74, 6) is 1.39. The summed E-state index contributed by atoms with van der Waals surface area (Å²) in [7, 11) is 0. The van der Waals surface area contributed by atoms with E-state index in [0.29, 0.717) is 11.9 Å². The molecule has 2 rings (SSSR count). The van der Waals surface area contributed by atoms with Gasteiger partial charge < -0.3 is 11.1 Å². The molecule has 0 radical (unpaired) electrons. The fourth-order valence-corrected chi connectivity index (χ4v) is 1.38. The molecule has 1 fully saturated rings. The minimum Gasteiger partial charge on any atom is -0.353 e. The molecule has 14 heavy (non-hydrogen) atoms. The van der Waals surface area contributed by atoms with Crippen LogP contribution in [0.2, 0.25) is 0 Å². The molecular formula is C10H16N4. The summed E-state index contributed by atoms with van der Waals surface area (Å²) < 4.78 is 0. The van der Waals surface area contributed by atoms with Crippen LogP contribution in [0.15, 0.2) is 12.4 Å². The van der Waals surface area contributed by atoms with Gasteiger partial charge in [0.05, 0.1) is 0 Å². The first-order chi connectivity index (χ1) is 6.75. The van der Waals surface area contributed by atoms with Gasteiger partial charge in [-0.05, 0) is 31.2 Å². The molecule has 4 nitrogen and oxygen atoms in total. The van der Waals surface area contributed by atoms with Gasteiger partial charge in [-0.3, -0.25) is 0 Å². The second-order valence-corrected chi connectivity index (χ2v) is 3.97. The summed E-state index contributed by atoms with van der Waals surface area (Å²) in [5.41, 5.74) is 7.01. The summed E-state index contributed by atoms with van der Waals surface area (Å²) in [6.45, 7) is 2.74. The Labute approximate surface area is 83.9 Å². The second-order valence-electron chi connectivity index (χ2n) is 3.97. The third-order valence-corrected chi connectivity index (χ3v) is 2.50. The molecule has 1 aliphatic carbocycles. The SMILES string of the molecule is Cc1cnc(NCC(N)C2CC2)nc1. The fraction of sp³-hybridized carbons (Fsp3) is 0.600. The summed E-state index contributed by atoms with van der Waals surface area (Å²) in [6, 6.07) is 0.250. The van der Waals surface area contributed by atoms with Crippen LogP contribution in [-0.4, -0.2) is 22.6 Å². The zero-order valence-electron chi connectivity index (χ0n) is 8.40. The molecule has 0 aromatic carbocycles. The molecule has 0 saturated heterocycles. The minimum atomic E-state index is 0.250. The van der Waals surface area contributed by atoms with Crippen LogP contribution in [0.4, 0.5) is 5.95 Å². The average Bonchev–Trinajstić information content (AvgIpc) is 3.00. The van der Waals surface area contributed by atoms with Gasteiger partial charge in [-0.15, -0.1) is 0 Å². The van der Waals surface area contributed by atoms with Gasteiger partial charge in [-0.2, -0.15) is 0 Å². The lowest BCUT2D eigenvalue weighted by Gasteiger charge is -2.10. The Morgan fingerprint density at radius 1 is 1.50 bits per heavy atom. The minimum absolute atomic E-state index is 0.250. The van der Waals surface area contributed by atoms with E-state index in [4.69, 9.17) is 5.73 Å². The van der Waals surface area contributed by atoms with Crippen LogP contribution in [0.5, 0.6) is 0 Å². The van der Waals surface area contributed by atoms with Crippen molar-refractivity contribution in [2.24, 2.45) is 11.7 Å². The number of aryl methyl sites for hydroxylation is 1. The smallest absolute Gasteiger partial charge is 0.222 e. The topological polar surface area (TPSA) is 63.8 Å². The van der Waals surface area contributed by atoms with Crippen LogP contribution in [0.1, 0.15) is 18.4 Å². The third kappa shape index (κ3) is 2.42. The summed E-state index contributed by atoms with van der Waals surface area (Å²) >= 11 is 0. The lowest BCUT2D eigenvalue weighted by molar-refractivity contribution is 0.618. The van der Waals surface area contributed by atoms with Crippen molar-refractivity contribution in [1.29, 1.82) is 0 Å². The van der Waals surface area contributed by atoms with Crippen LogP contribution >= 0.6 is 0 Å². The maximum absolute atomic E-state index is 5.94. The average molecular weight is 192 g/mol. The van der Waals surface area contributed by atoms with E-state index >= 15 is 0 Å². The second kappa shape index (κ2) is 3.92. The van der Waals surface area contributed by atoms with Crippen molar-refractivity contribution >= 4 is 5.95 Å². The lowest BCUT2D eigenvalue weighted by atomic mass is 10.2. The van der Waals surface area contributed by atoms with E-state index in [1.165, 1.54) is 12.8 Å². The van der Waals surface area contributed by atoms with Gasteiger partial charge in [0.15, 0.2) is 0 Å². The van der Waals surface area contributed by atoms with Crippen LogP contribution < -0.4 is 11.1 Å². The molecule has 0 aliphatic heterocycles. The first-order valence-corrected chi connectivity index (χ1v) is 5.04. The van der Waals surface area contributed by atoms with Crippen molar-refractivity contribution in [2.45, 2.75) is 25.8 Å². The molecule has 1 aliphatic rings. The number of nitrogens with two attached hydrogens (primary N) is 1. The first kappa shape index (κ1) is 9.40. The van der Waals surface area contributed by atoms with Gasteiger partial charge in [0.1, 0.15) is 0 Å². The Hall–Kier alpha value is -1.16. The summed E-state index contributed by atoms with van der Waals surface area (Å²) in [6.07, 6.45) is 6.16. The van der Waals surface area contributed by atoms with Crippen molar-refractivity contribution in [2.75, 3.05) is 11.9 Å². The lowest BCUT2D eigenvalue weighted by Crippen LogP contribution is -2.31. The van der Waals surface area contributed by atoms with Gasteiger partial charge in [0.25, 0.3) is 0 Å². The highest BCUT2D eigenvalue weighted by Crippen LogP contribution is 2.31. The van der Waals surface area contributed by atoms with Crippen LogP contribution in [0.3, 0.4) is 0 Å². The largest absolute Gasteiger partial charge is 0.353 e. The van der Waals surface area contributed by atoms with Crippen molar-refractivity contribution in [3.63, 3.8) is 0 Å². The van der Waals surface area contributed by atoms with E-state index < -0.39 is 0 Å². The van der Waals surface area contributed by atoms with Gasteiger partial charge in [-0.1, -0.05) is 0 Å². The van der Waals surface area contributed by atoms with Crippen molar-refractivity contribution in [3.05, 3.63) is 18.0 Å². The van der Waals surface area contributed by atoms with E-state index in [0.717, 1.165) is 12.1 Å². The number of hydrogen-bond donors (Lipinski definition) is 2. The van der Waals surface area contributed by atoms with E-state index in [-0.39, 0.29) is 6.04 Å². The Morgan fingerprint density at radius 3 is 2.71 bits per heavy atom. The van der Waals surface area contributed by atoms with Crippen LogP contribution in [0, 0.1) is 12.8 Å². The predicted octanol–water partition coefficient (Wildman–Crippen LogP) is 0.934. The molecule has 1 saturated carbocycles. The standard InChI is InChI=1S/C10H16N4/c1-7-4-12-10(13-5-7)14-6-9(11)8-2-3-8/h4-5,8-9H,2-3,6,11H2,1H3,(H,12,13,14). The molecule has 1 aromatic heterocycles. The molecule has 1 atom stereocenters. The number of nitrogens with zero attached hydrogens (tertiary/aromatic N) is 2. The molecule has 0 spiro atoms. The van der Waals surface area contributed by atoms with Crippen molar-refractivity contribution < 1.29 is 0 Å². The fourth-order valence-electron chi connectivity index (χ4n) is 1.38. The Morgan fingerprint density at radius 2 is 2.14 bits per heavy atom. The Balaban J connectivity index is 1.82. The predicted molar refractivity (Wildman–Crippen MR) is 56.0 cm³/mol. The summed E-state index contributed by atoms with van der Waals surface area (Å²) in [4.78, 5) is 8.30. The zero-order valence-corrected chi connectivity index (χ0v) is 8.40. The van der Waals surface area contributed by atoms with Crippen molar-refractivity contribution in [3.8, 4) is 0 Å².